The highest BCUT2D eigenvalue weighted by Crippen LogP contribution is 2.35. The normalized spacial score (nSPS) is 20.2. The second-order valence-electron chi connectivity index (χ2n) is 5.55. The molecule has 0 fully saturated rings. The average Bonchev–Trinajstić information content (AvgIpc) is 2.54. The van der Waals surface area contributed by atoms with E-state index in [4.69, 9.17) is 0 Å². The van der Waals surface area contributed by atoms with Crippen molar-refractivity contribution < 1.29 is 10.0 Å². The first kappa shape index (κ1) is 14.5. The van der Waals surface area contributed by atoms with Crippen molar-refractivity contribution in [2.75, 3.05) is 11.9 Å². The second-order valence-corrected chi connectivity index (χ2v) is 5.55. The van der Waals surface area contributed by atoms with E-state index in [1.807, 2.05) is 24.3 Å². The Balaban J connectivity index is 1.75. The molecule has 22 heavy (non-hydrogen) atoms. The predicted octanol–water partition coefficient (Wildman–Crippen LogP) is 2.63. The van der Waals surface area contributed by atoms with Crippen LogP contribution in [0.15, 0.2) is 42.6 Å². The standard InChI is InChI=1S/C16H17N3O3/c20-16(9-3-5-12-4-1-2-6-14(12)16)11-18-15-8-7-13(10-17-15)19(21)22/h1-2,4,6-8,10,20H,3,5,9,11H2,(H,17,18). The molecule has 0 spiro atoms. The Morgan fingerprint density at radius 3 is 2.86 bits per heavy atom. The Labute approximate surface area is 128 Å². The topological polar surface area (TPSA) is 88.3 Å². The molecule has 0 saturated carbocycles. The van der Waals surface area contributed by atoms with Gasteiger partial charge in [0.05, 0.1) is 4.92 Å². The zero-order valence-corrected chi connectivity index (χ0v) is 12.0. The average molecular weight is 299 g/mol. The highest BCUT2D eigenvalue weighted by Gasteiger charge is 2.33. The summed E-state index contributed by atoms with van der Waals surface area (Å²) in [5, 5.41) is 24.6. The van der Waals surface area contributed by atoms with Crippen LogP contribution in [0, 0.1) is 10.1 Å². The fraction of sp³-hybridized carbons (Fsp3) is 0.312. The zero-order chi connectivity index (χ0) is 15.6. The van der Waals surface area contributed by atoms with Gasteiger partial charge in [-0.1, -0.05) is 24.3 Å². The zero-order valence-electron chi connectivity index (χ0n) is 12.0. The van der Waals surface area contributed by atoms with Gasteiger partial charge < -0.3 is 10.4 Å². The van der Waals surface area contributed by atoms with Crippen molar-refractivity contribution in [3.63, 3.8) is 0 Å². The lowest BCUT2D eigenvalue weighted by Crippen LogP contribution is -2.37. The van der Waals surface area contributed by atoms with Crippen LogP contribution in [-0.2, 0) is 12.0 Å². The van der Waals surface area contributed by atoms with Crippen LogP contribution in [0.3, 0.4) is 0 Å². The number of aromatic nitrogens is 1. The van der Waals surface area contributed by atoms with Crippen LogP contribution in [0.5, 0.6) is 0 Å². The molecule has 1 aromatic carbocycles. The van der Waals surface area contributed by atoms with Crippen LogP contribution >= 0.6 is 0 Å². The van der Waals surface area contributed by atoms with Gasteiger partial charge in [0.25, 0.3) is 5.69 Å². The number of hydrogen-bond donors (Lipinski definition) is 2. The van der Waals surface area contributed by atoms with Crippen molar-refractivity contribution in [3.05, 3.63) is 63.8 Å². The van der Waals surface area contributed by atoms with Crippen LogP contribution < -0.4 is 5.32 Å². The predicted molar refractivity (Wildman–Crippen MR) is 82.7 cm³/mol. The lowest BCUT2D eigenvalue weighted by Gasteiger charge is -2.34. The molecule has 6 nitrogen and oxygen atoms in total. The molecule has 1 aliphatic carbocycles. The molecule has 0 amide bonds. The molecule has 6 heteroatoms. The molecule has 1 unspecified atom stereocenters. The molecule has 2 N–H and O–H groups in total. The van der Waals surface area contributed by atoms with E-state index in [0.29, 0.717) is 18.8 Å². The van der Waals surface area contributed by atoms with E-state index in [-0.39, 0.29) is 5.69 Å². The Kier molecular flexibility index (Phi) is 3.77. The highest BCUT2D eigenvalue weighted by atomic mass is 16.6. The number of rotatable bonds is 4. The molecular formula is C16H17N3O3. The van der Waals surface area contributed by atoms with E-state index in [9.17, 15) is 15.2 Å². The fourth-order valence-corrected chi connectivity index (χ4v) is 2.92. The van der Waals surface area contributed by atoms with Crippen molar-refractivity contribution in [1.29, 1.82) is 0 Å². The molecule has 1 aliphatic rings. The number of fused-ring (bicyclic) bond motifs is 1. The lowest BCUT2D eigenvalue weighted by molar-refractivity contribution is -0.385. The molecule has 3 rings (SSSR count). The van der Waals surface area contributed by atoms with E-state index in [1.165, 1.54) is 17.8 Å². The number of anilines is 1. The number of pyridine rings is 1. The lowest BCUT2D eigenvalue weighted by atomic mass is 9.79. The van der Waals surface area contributed by atoms with Crippen LogP contribution in [0.2, 0.25) is 0 Å². The van der Waals surface area contributed by atoms with Gasteiger partial charge in [-0.2, -0.15) is 0 Å². The number of nitrogens with zero attached hydrogens (tertiary/aromatic N) is 2. The van der Waals surface area contributed by atoms with Crippen molar-refractivity contribution in [3.8, 4) is 0 Å². The monoisotopic (exact) mass is 299 g/mol. The van der Waals surface area contributed by atoms with Gasteiger partial charge in [0.1, 0.15) is 17.6 Å². The van der Waals surface area contributed by atoms with E-state index >= 15 is 0 Å². The molecule has 1 aromatic heterocycles. The summed E-state index contributed by atoms with van der Waals surface area (Å²) < 4.78 is 0. The van der Waals surface area contributed by atoms with Crippen LogP contribution in [-0.4, -0.2) is 21.6 Å². The first-order valence-electron chi connectivity index (χ1n) is 7.24. The number of nitro groups is 1. The van der Waals surface area contributed by atoms with Crippen molar-refractivity contribution in [2.45, 2.75) is 24.9 Å². The van der Waals surface area contributed by atoms with E-state index in [1.54, 1.807) is 6.07 Å². The molecular weight excluding hydrogens is 282 g/mol. The third-order valence-electron chi connectivity index (χ3n) is 4.08. The first-order valence-corrected chi connectivity index (χ1v) is 7.24. The SMILES string of the molecule is O=[N+]([O-])c1ccc(NCC2(O)CCCc3ccccc32)nc1. The highest BCUT2D eigenvalue weighted by molar-refractivity contribution is 5.42. The van der Waals surface area contributed by atoms with Crippen molar-refractivity contribution in [1.82, 2.24) is 4.98 Å². The van der Waals surface area contributed by atoms with Gasteiger partial charge >= 0.3 is 0 Å². The van der Waals surface area contributed by atoms with E-state index in [2.05, 4.69) is 10.3 Å². The maximum Gasteiger partial charge on any atom is 0.287 e. The van der Waals surface area contributed by atoms with Crippen LogP contribution in [0.4, 0.5) is 11.5 Å². The smallest absolute Gasteiger partial charge is 0.287 e. The summed E-state index contributed by atoms with van der Waals surface area (Å²) in [6.45, 7) is 0.328. The summed E-state index contributed by atoms with van der Waals surface area (Å²) in [5.41, 5.74) is 1.15. The molecule has 1 heterocycles. The Bertz CT molecular complexity index is 687. The Morgan fingerprint density at radius 1 is 1.32 bits per heavy atom. The molecule has 2 aromatic rings. The summed E-state index contributed by atoms with van der Waals surface area (Å²) in [6.07, 6.45) is 3.81. The molecule has 1 atom stereocenters. The number of hydrogen-bond acceptors (Lipinski definition) is 5. The summed E-state index contributed by atoms with van der Waals surface area (Å²) >= 11 is 0. The third-order valence-corrected chi connectivity index (χ3v) is 4.08. The minimum atomic E-state index is -0.932. The Morgan fingerprint density at radius 2 is 2.14 bits per heavy atom. The number of benzene rings is 1. The quantitative estimate of drug-likeness (QED) is 0.669. The van der Waals surface area contributed by atoms with Crippen LogP contribution in [0.25, 0.3) is 0 Å². The van der Waals surface area contributed by atoms with Gasteiger partial charge in [-0.3, -0.25) is 10.1 Å². The maximum absolute atomic E-state index is 10.9. The molecule has 0 saturated heterocycles. The summed E-state index contributed by atoms with van der Waals surface area (Å²) in [5.74, 6) is 0.516. The second kappa shape index (κ2) is 5.73. The van der Waals surface area contributed by atoms with Gasteiger partial charge in [-0.25, -0.2) is 4.98 Å². The van der Waals surface area contributed by atoms with E-state index < -0.39 is 10.5 Å². The van der Waals surface area contributed by atoms with Crippen molar-refractivity contribution in [2.24, 2.45) is 0 Å². The summed E-state index contributed by atoms with van der Waals surface area (Å²) in [4.78, 5) is 14.1. The van der Waals surface area contributed by atoms with Gasteiger partial charge in [-0.15, -0.1) is 0 Å². The first-order chi connectivity index (χ1) is 10.6. The fourth-order valence-electron chi connectivity index (χ4n) is 2.92. The minimum absolute atomic E-state index is 0.0488. The number of aryl methyl sites for hydroxylation is 1. The van der Waals surface area contributed by atoms with Gasteiger partial charge in [0.15, 0.2) is 0 Å². The van der Waals surface area contributed by atoms with Crippen molar-refractivity contribution >= 4 is 11.5 Å². The third kappa shape index (κ3) is 2.78. The van der Waals surface area contributed by atoms with E-state index in [0.717, 1.165) is 18.4 Å². The molecule has 0 aliphatic heterocycles. The van der Waals surface area contributed by atoms with Gasteiger partial charge in [0.2, 0.25) is 0 Å². The number of nitrogens with one attached hydrogen (secondary N) is 1. The molecule has 0 bridgehead atoms. The summed E-state index contributed by atoms with van der Waals surface area (Å²) in [6, 6.07) is 10.9. The maximum atomic E-state index is 10.9. The Hall–Kier alpha value is -2.47. The largest absolute Gasteiger partial charge is 0.383 e. The van der Waals surface area contributed by atoms with Crippen LogP contribution in [0.1, 0.15) is 24.0 Å². The number of aliphatic hydroxyl groups is 1. The summed E-state index contributed by atoms with van der Waals surface area (Å²) in [7, 11) is 0. The van der Waals surface area contributed by atoms with Gasteiger partial charge in [0, 0.05) is 12.6 Å². The molecule has 114 valence electrons. The van der Waals surface area contributed by atoms with Gasteiger partial charge in [-0.05, 0) is 36.5 Å². The minimum Gasteiger partial charge on any atom is -0.383 e. The molecule has 0 radical (unpaired) electrons.